The molecule has 0 spiro atoms. The topological polar surface area (TPSA) is 117 Å². The lowest BCUT2D eigenvalue weighted by atomic mass is 10.3. The number of rotatable bonds is 3. The maximum Gasteiger partial charge on any atom is 0.190 e. The number of nitrogens with two attached hydrogens (primary N) is 1. The molecule has 1 aromatic rings. The lowest BCUT2D eigenvalue weighted by Gasteiger charge is -2.32. The van der Waals surface area contributed by atoms with Gasteiger partial charge in [0.2, 0.25) is 0 Å². The molecule has 4 N–H and O–H groups in total. The van der Waals surface area contributed by atoms with Crippen LogP contribution in [0, 0.1) is 0 Å². The molecule has 1 aliphatic heterocycles. The number of anilines is 1. The number of aliphatic hydroxyl groups excluding tert-OH is 1. The van der Waals surface area contributed by atoms with Crippen LogP contribution in [0.2, 0.25) is 0 Å². The number of amidine groups is 1. The third kappa shape index (κ3) is 2.66. The zero-order valence-corrected chi connectivity index (χ0v) is 9.73. The first-order chi connectivity index (χ1) is 8.74. The van der Waals surface area contributed by atoms with Crippen LogP contribution in [0.25, 0.3) is 0 Å². The summed E-state index contributed by atoms with van der Waals surface area (Å²) in [4.78, 5) is 10.2. The summed E-state index contributed by atoms with van der Waals surface area (Å²) >= 11 is 0. The summed E-state index contributed by atoms with van der Waals surface area (Å²) < 4.78 is 5.35. The van der Waals surface area contributed by atoms with Crippen LogP contribution < -0.4 is 10.6 Å². The molecular weight excluding hydrogens is 238 g/mol. The van der Waals surface area contributed by atoms with Gasteiger partial charge in [-0.05, 0) is 0 Å². The van der Waals surface area contributed by atoms with E-state index in [9.17, 15) is 0 Å². The summed E-state index contributed by atoms with van der Waals surface area (Å²) in [5, 5.41) is 20.4. The van der Waals surface area contributed by atoms with E-state index in [4.69, 9.17) is 20.8 Å². The van der Waals surface area contributed by atoms with Crippen LogP contribution in [-0.2, 0) is 4.74 Å². The van der Waals surface area contributed by atoms with Crippen molar-refractivity contribution in [3.8, 4) is 0 Å². The van der Waals surface area contributed by atoms with Gasteiger partial charge >= 0.3 is 0 Å². The first-order valence-electron chi connectivity index (χ1n) is 5.52. The highest BCUT2D eigenvalue weighted by Gasteiger charge is 2.21. The third-order valence-electron chi connectivity index (χ3n) is 2.67. The van der Waals surface area contributed by atoms with Gasteiger partial charge < -0.3 is 25.7 Å². The van der Waals surface area contributed by atoms with E-state index in [-0.39, 0.29) is 18.5 Å². The zero-order chi connectivity index (χ0) is 13.0. The predicted molar refractivity (Wildman–Crippen MR) is 63.6 cm³/mol. The van der Waals surface area contributed by atoms with Crippen molar-refractivity contribution in [1.29, 1.82) is 0 Å². The molecule has 1 unspecified atom stereocenters. The van der Waals surface area contributed by atoms with Gasteiger partial charge in [-0.3, -0.25) is 0 Å². The molecule has 0 amide bonds. The van der Waals surface area contributed by atoms with E-state index in [1.807, 2.05) is 4.90 Å². The summed E-state index contributed by atoms with van der Waals surface area (Å²) in [5.41, 5.74) is 5.71. The van der Waals surface area contributed by atoms with Gasteiger partial charge in [-0.25, -0.2) is 9.97 Å². The van der Waals surface area contributed by atoms with E-state index >= 15 is 0 Å². The fourth-order valence-electron chi connectivity index (χ4n) is 1.71. The van der Waals surface area contributed by atoms with Crippen molar-refractivity contribution in [3.05, 3.63) is 18.1 Å². The zero-order valence-electron chi connectivity index (χ0n) is 9.73. The van der Waals surface area contributed by atoms with Crippen molar-refractivity contribution in [2.24, 2.45) is 10.9 Å². The maximum atomic E-state index is 9.06. The van der Waals surface area contributed by atoms with Crippen molar-refractivity contribution in [2.45, 2.75) is 6.10 Å². The SMILES string of the molecule is NC(=NO)c1cnc(N2CCOC(CO)C2)cn1. The van der Waals surface area contributed by atoms with E-state index in [1.54, 1.807) is 6.20 Å². The molecule has 0 aliphatic carbocycles. The number of ether oxygens (including phenoxy) is 1. The number of morpholine rings is 1. The number of oxime groups is 1. The van der Waals surface area contributed by atoms with Crippen LogP contribution in [0.15, 0.2) is 17.5 Å². The molecule has 0 saturated carbocycles. The van der Waals surface area contributed by atoms with Gasteiger partial charge in [0.1, 0.15) is 11.5 Å². The number of nitrogens with zero attached hydrogens (tertiary/aromatic N) is 4. The second kappa shape index (κ2) is 5.61. The fourth-order valence-corrected chi connectivity index (χ4v) is 1.71. The molecule has 2 heterocycles. The Balaban J connectivity index is 2.09. The molecule has 1 aromatic heterocycles. The molecule has 1 saturated heterocycles. The van der Waals surface area contributed by atoms with E-state index in [0.29, 0.717) is 31.2 Å². The van der Waals surface area contributed by atoms with Crippen molar-refractivity contribution in [1.82, 2.24) is 9.97 Å². The molecule has 1 fully saturated rings. The Morgan fingerprint density at radius 1 is 1.56 bits per heavy atom. The second-order valence-electron chi connectivity index (χ2n) is 3.87. The highest BCUT2D eigenvalue weighted by Crippen LogP contribution is 2.13. The number of hydrogen-bond donors (Lipinski definition) is 3. The Morgan fingerprint density at radius 2 is 2.39 bits per heavy atom. The monoisotopic (exact) mass is 253 g/mol. The summed E-state index contributed by atoms with van der Waals surface area (Å²) in [6.45, 7) is 1.77. The van der Waals surface area contributed by atoms with Crippen LogP contribution in [0.3, 0.4) is 0 Å². The molecule has 8 nitrogen and oxygen atoms in total. The summed E-state index contributed by atoms with van der Waals surface area (Å²) in [6.07, 6.45) is 2.78. The van der Waals surface area contributed by atoms with Gasteiger partial charge in [0.25, 0.3) is 0 Å². The largest absolute Gasteiger partial charge is 0.409 e. The van der Waals surface area contributed by atoms with Gasteiger partial charge in [-0.2, -0.15) is 0 Å². The lowest BCUT2D eigenvalue weighted by molar-refractivity contribution is 0.00334. The molecule has 0 aromatic carbocycles. The van der Waals surface area contributed by atoms with E-state index < -0.39 is 0 Å². The normalized spacial score (nSPS) is 21.1. The predicted octanol–water partition coefficient (Wildman–Crippen LogP) is -1.23. The molecule has 8 heteroatoms. The van der Waals surface area contributed by atoms with Gasteiger partial charge in [0.15, 0.2) is 5.84 Å². The molecular formula is C10H15N5O3. The van der Waals surface area contributed by atoms with Crippen molar-refractivity contribution >= 4 is 11.7 Å². The van der Waals surface area contributed by atoms with E-state index in [0.717, 1.165) is 0 Å². The molecule has 1 aliphatic rings. The van der Waals surface area contributed by atoms with Crippen LogP contribution in [-0.4, -0.2) is 58.5 Å². The van der Waals surface area contributed by atoms with E-state index in [2.05, 4.69) is 15.1 Å². The van der Waals surface area contributed by atoms with Crippen molar-refractivity contribution < 1.29 is 15.1 Å². The highest BCUT2D eigenvalue weighted by molar-refractivity contribution is 5.94. The van der Waals surface area contributed by atoms with Gasteiger partial charge in [0, 0.05) is 13.1 Å². The highest BCUT2D eigenvalue weighted by atomic mass is 16.5. The Kier molecular flexibility index (Phi) is 3.90. The number of aromatic nitrogens is 2. The Labute approximate surface area is 104 Å². The minimum absolute atomic E-state index is 0.0217. The minimum Gasteiger partial charge on any atom is -0.409 e. The molecule has 1 atom stereocenters. The molecule has 0 bridgehead atoms. The second-order valence-corrected chi connectivity index (χ2v) is 3.87. The molecule has 18 heavy (non-hydrogen) atoms. The van der Waals surface area contributed by atoms with Crippen LogP contribution in [0.4, 0.5) is 5.82 Å². The van der Waals surface area contributed by atoms with Crippen molar-refractivity contribution in [3.63, 3.8) is 0 Å². The minimum atomic E-state index is -0.204. The molecule has 98 valence electrons. The number of aliphatic hydroxyl groups is 1. The van der Waals surface area contributed by atoms with Crippen molar-refractivity contribution in [2.75, 3.05) is 31.2 Å². The standard InChI is InChI=1S/C10H15N5O3/c11-10(14-17)8-3-13-9(4-12-8)15-1-2-18-7(5-15)6-16/h3-4,7,16-17H,1-2,5-6H2,(H2,11,14). The lowest BCUT2D eigenvalue weighted by Crippen LogP contribution is -2.44. The summed E-state index contributed by atoms with van der Waals surface area (Å²) in [5.74, 6) is 0.593. The smallest absolute Gasteiger partial charge is 0.190 e. The first-order valence-corrected chi connectivity index (χ1v) is 5.52. The average Bonchev–Trinajstić information content (AvgIpc) is 2.46. The van der Waals surface area contributed by atoms with Crippen LogP contribution >= 0.6 is 0 Å². The Bertz CT molecular complexity index is 422. The summed E-state index contributed by atoms with van der Waals surface area (Å²) in [7, 11) is 0. The van der Waals surface area contributed by atoms with Crippen LogP contribution in [0.1, 0.15) is 5.69 Å². The summed E-state index contributed by atoms with van der Waals surface area (Å²) in [6, 6.07) is 0. The number of hydrogen-bond acceptors (Lipinski definition) is 7. The molecule has 2 rings (SSSR count). The fraction of sp³-hybridized carbons (Fsp3) is 0.500. The van der Waals surface area contributed by atoms with Gasteiger partial charge in [-0.1, -0.05) is 5.16 Å². The maximum absolute atomic E-state index is 9.06. The van der Waals surface area contributed by atoms with E-state index in [1.165, 1.54) is 6.20 Å². The van der Waals surface area contributed by atoms with Gasteiger partial charge in [-0.15, -0.1) is 0 Å². The Morgan fingerprint density at radius 3 is 3.00 bits per heavy atom. The third-order valence-corrected chi connectivity index (χ3v) is 2.67. The quantitative estimate of drug-likeness (QED) is 0.267. The molecule has 0 radical (unpaired) electrons. The van der Waals surface area contributed by atoms with Gasteiger partial charge in [0.05, 0.1) is 31.7 Å². The Hall–Kier alpha value is -1.93. The van der Waals surface area contributed by atoms with Crippen LogP contribution in [0.5, 0.6) is 0 Å². The first kappa shape index (κ1) is 12.5. The average molecular weight is 253 g/mol.